The second-order valence-corrected chi connectivity index (χ2v) is 9.75. The summed E-state index contributed by atoms with van der Waals surface area (Å²) >= 11 is 0. The zero-order chi connectivity index (χ0) is 14.3. The van der Waals surface area contributed by atoms with E-state index in [2.05, 4.69) is 41.5 Å². The highest BCUT2D eigenvalue weighted by Gasteiger charge is 2.39. The lowest BCUT2D eigenvalue weighted by molar-refractivity contribution is 0.0668. The summed E-state index contributed by atoms with van der Waals surface area (Å²) in [6, 6.07) is 0. The molecule has 0 aliphatic heterocycles. The van der Waals surface area contributed by atoms with E-state index >= 15 is 0 Å². The Hall–Kier alpha value is 0. The van der Waals surface area contributed by atoms with E-state index in [-0.39, 0.29) is 0 Å². The molecule has 2 saturated carbocycles. The van der Waals surface area contributed by atoms with Crippen molar-refractivity contribution in [1.29, 1.82) is 0 Å². The van der Waals surface area contributed by atoms with Gasteiger partial charge in [-0.3, -0.25) is 0 Å². The molecule has 0 N–H and O–H groups in total. The summed E-state index contributed by atoms with van der Waals surface area (Å²) in [4.78, 5) is 0. The number of hydrogen-bond donors (Lipinski definition) is 0. The average molecular weight is 264 g/mol. The minimum atomic E-state index is 0.477. The predicted octanol–water partition coefficient (Wildman–Crippen LogP) is 6.30. The highest BCUT2D eigenvalue weighted by atomic mass is 14.4. The van der Waals surface area contributed by atoms with Crippen molar-refractivity contribution in [3.63, 3.8) is 0 Å². The van der Waals surface area contributed by atoms with Gasteiger partial charge in [-0.25, -0.2) is 0 Å². The second-order valence-electron chi connectivity index (χ2n) is 9.75. The van der Waals surface area contributed by atoms with E-state index < -0.39 is 0 Å². The lowest BCUT2D eigenvalue weighted by Crippen LogP contribution is -2.34. The largest absolute Gasteiger partial charge is 0.0602 e. The Balaban J connectivity index is 1.95. The maximum Gasteiger partial charge on any atom is -0.0332 e. The van der Waals surface area contributed by atoms with Crippen LogP contribution in [0.2, 0.25) is 0 Å². The van der Waals surface area contributed by atoms with Crippen LogP contribution in [0.3, 0.4) is 0 Å². The number of rotatable bonds is 3. The molecule has 1 atom stereocenters. The van der Waals surface area contributed by atoms with Crippen molar-refractivity contribution in [2.75, 3.05) is 0 Å². The lowest BCUT2D eigenvalue weighted by Gasteiger charge is -2.43. The van der Waals surface area contributed by atoms with Crippen molar-refractivity contribution in [2.24, 2.45) is 34.5 Å². The molecule has 2 fully saturated rings. The van der Waals surface area contributed by atoms with Crippen LogP contribution in [0.5, 0.6) is 0 Å². The predicted molar refractivity (Wildman–Crippen MR) is 85.2 cm³/mol. The third-order valence-electron chi connectivity index (χ3n) is 5.62. The molecule has 0 spiro atoms. The van der Waals surface area contributed by atoms with Gasteiger partial charge in [0.05, 0.1) is 0 Å². The van der Waals surface area contributed by atoms with Gasteiger partial charge in [0.15, 0.2) is 0 Å². The third kappa shape index (κ3) is 4.50. The molecule has 0 radical (unpaired) electrons. The maximum absolute atomic E-state index is 2.47. The van der Waals surface area contributed by atoms with Gasteiger partial charge in [-0.15, -0.1) is 0 Å². The van der Waals surface area contributed by atoms with E-state index in [1.165, 1.54) is 32.1 Å². The van der Waals surface area contributed by atoms with Crippen LogP contribution >= 0.6 is 0 Å². The molecular formula is C19H36. The Morgan fingerprint density at radius 1 is 0.737 bits per heavy atom. The van der Waals surface area contributed by atoms with Crippen LogP contribution in [-0.2, 0) is 0 Å². The summed E-state index contributed by atoms with van der Waals surface area (Å²) in [6.45, 7) is 14.7. The first-order valence-electron chi connectivity index (χ1n) is 8.67. The molecule has 0 aromatic carbocycles. The first kappa shape index (κ1) is 15.4. The Morgan fingerprint density at radius 2 is 1.16 bits per heavy atom. The summed E-state index contributed by atoms with van der Waals surface area (Å²) in [7, 11) is 0. The summed E-state index contributed by atoms with van der Waals surface area (Å²) in [6.07, 6.45) is 10.6. The van der Waals surface area contributed by atoms with E-state index in [0.717, 1.165) is 23.7 Å². The van der Waals surface area contributed by atoms with Crippen LogP contribution < -0.4 is 0 Å². The van der Waals surface area contributed by atoms with Gasteiger partial charge in [-0.1, -0.05) is 41.5 Å². The Labute approximate surface area is 121 Å². The van der Waals surface area contributed by atoms with Gasteiger partial charge in [-0.2, -0.15) is 0 Å². The summed E-state index contributed by atoms with van der Waals surface area (Å²) in [5.41, 5.74) is 0.954. The van der Waals surface area contributed by atoms with Crippen LogP contribution in [0, 0.1) is 34.5 Å². The standard InChI is InChI=1S/C19H36/c1-18(2,3)13-17(19(4,5)6)16-11-9-15(10-12-16)14-7-8-14/h14-17H,7-13H2,1-6H3. The first-order valence-corrected chi connectivity index (χ1v) is 8.67. The Kier molecular flexibility index (Phi) is 4.38. The van der Waals surface area contributed by atoms with Gasteiger partial charge >= 0.3 is 0 Å². The molecule has 0 heterocycles. The molecule has 0 heteroatoms. The average Bonchev–Trinajstić information content (AvgIpc) is 3.07. The van der Waals surface area contributed by atoms with E-state index in [9.17, 15) is 0 Å². The van der Waals surface area contributed by atoms with E-state index in [0.29, 0.717) is 10.8 Å². The van der Waals surface area contributed by atoms with Gasteiger partial charge in [-0.05, 0) is 79.4 Å². The van der Waals surface area contributed by atoms with Crippen molar-refractivity contribution in [3.05, 3.63) is 0 Å². The molecule has 2 aliphatic rings. The molecule has 0 aromatic rings. The van der Waals surface area contributed by atoms with Crippen molar-refractivity contribution in [1.82, 2.24) is 0 Å². The Morgan fingerprint density at radius 3 is 1.47 bits per heavy atom. The minimum absolute atomic E-state index is 0.477. The highest BCUT2D eigenvalue weighted by Crippen LogP contribution is 2.50. The van der Waals surface area contributed by atoms with E-state index in [1.54, 1.807) is 12.8 Å². The quantitative estimate of drug-likeness (QED) is 0.561. The van der Waals surface area contributed by atoms with E-state index in [1.807, 2.05) is 0 Å². The fraction of sp³-hybridized carbons (Fsp3) is 1.00. The summed E-state index contributed by atoms with van der Waals surface area (Å²) in [5, 5.41) is 0. The molecule has 0 aromatic heterocycles. The minimum Gasteiger partial charge on any atom is -0.0602 e. The third-order valence-corrected chi connectivity index (χ3v) is 5.62. The topological polar surface area (TPSA) is 0 Å². The van der Waals surface area contributed by atoms with Crippen LogP contribution in [0.4, 0.5) is 0 Å². The van der Waals surface area contributed by atoms with Crippen molar-refractivity contribution < 1.29 is 0 Å². The molecule has 0 nitrogen and oxygen atoms in total. The van der Waals surface area contributed by atoms with Crippen molar-refractivity contribution in [2.45, 2.75) is 86.5 Å². The highest BCUT2D eigenvalue weighted by molar-refractivity contribution is 4.90. The molecule has 0 saturated heterocycles. The van der Waals surface area contributed by atoms with Crippen LogP contribution in [0.15, 0.2) is 0 Å². The molecule has 1 unspecified atom stereocenters. The summed E-state index contributed by atoms with van der Waals surface area (Å²) < 4.78 is 0. The maximum atomic E-state index is 2.47. The number of hydrogen-bond acceptors (Lipinski definition) is 0. The summed E-state index contributed by atoms with van der Waals surface area (Å²) in [5.74, 6) is 4.14. The molecular weight excluding hydrogens is 228 g/mol. The van der Waals surface area contributed by atoms with Crippen LogP contribution in [0.1, 0.15) is 86.5 Å². The zero-order valence-corrected chi connectivity index (χ0v) is 14.3. The van der Waals surface area contributed by atoms with Gasteiger partial charge in [0.2, 0.25) is 0 Å². The molecule has 112 valence electrons. The normalized spacial score (nSPS) is 31.3. The van der Waals surface area contributed by atoms with Crippen molar-refractivity contribution in [3.8, 4) is 0 Å². The van der Waals surface area contributed by atoms with Crippen LogP contribution in [-0.4, -0.2) is 0 Å². The molecule has 0 amide bonds. The van der Waals surface area contributed by atoms with Gasteiger partial charge in [0, 0.05) is 0 Å². The van der Waals surface area contributed by atoms with Crippen molar-refractivity contribution >= 4 is 0 Å². The fourth-order valence-corrected chi connectivity index (χ4v) is 4.43. The first-order chi connectivity index (χ1) is 8.67. The van der Waals surface area contributed by atoms with E-state index in [4.69, 9.17) is 0 Å². The second kappa shape index (κ2) is 5.41. The molecule has 2 rings (SSSR count). The molecule has 0 bridgehead atoms. The monoisotopic (exact) mass is 264 g/mol. The van der Waals surface area contributed by atoms with Gasteiger partial charge in [0.25, 0.3) is 0 Å². The SMILES string of the molecule is CC(C)(C)CC(C1CCC(C2CC2)CC1)C(C)(C)C. The zero-order valence-electron chi connectivity index (χ0n) is 14.3. The van der Waals surface area contributed by atoms with Crippen LogP contribution in [0.25, 0.3) is 0 Å². The Bertz CT molecular complexity index is 276. The molecule has 2 aliphatic carbocycles. The lowest BCUT2D eigenvalue weighted by atomic mass is 9.62. The van der Waals surface area contributed by atoms with Gasteiger partial charge < -0.3 is 0 Å². The smallest absolute Gasteiger partial charge is 0.0332 e. The van der Waals surface area contributed by atoms with Gasteiger partial charge in [0.1, 0.15) is 0 Å². The molecule has 19 heavy (non-hydrogen) atoms. The fourth-order valence-electron chi connectivity index (χ4n) is 4.43.